The first kappa shape index (κ1) is 7.76. The van der Waals surface area contributed by atoms with E-state index < -0.39 is 5.97 Å². The van der Waals surface area contributed by atoms with Gasteiger partial charge in [0.1, 0.15) is 24.4 Å². The first-order valence-corrected chi connectivity index (χ1v) is 3.11. The lowest BCUT2D eigenvalue weighted by atomic mass is 10.3. The summed E-state index contributed by atoms with van der Waals surface area (Å²) in [5.74, 6) is -0.664. The molecule has 11 heavy (non-hydrogen) atoms. The van der Waals surface area contributed by atoms with Crippen LogP contribution in [0.3, 0.4) is 0 Å². The molecule has 4 heteroatoms. The number of epoxide rings is 1. The average molecular weight is 153 g/mol. The summed E-state index contributed by atoms with van der Waals surface area (Å²) in [4.78, 5) is 10.7. The molecule has 1 atom stereocenters. The molecule has 0 N–H and O–H groups in total. The van der Waals surface area contributed by atoms with Crippen molar-refractivity contribution in [3.8, 4) is 6.07 Å². The molecule has 0 amide bonds. The van der Waals surface area contributed by atoms with E-state index in [9.17, 15) is 4.79 Å². The Hall–Kier alpha value is -1.34. The average Bonchev–Trinajstić information content (AvgIpc) is 2.81. The van der Waals surface area contributed by atoms with Crippen LogP contribution in [0.2, 0.25) is 0 Å². The minimum absolute atomic E-state index is 0.0328. The largest absolute Gasteiger partial charge is 0.459 e. The molecule has 58 valence electrons. The normalized spacial score (nSPS) is 20.1. The highest BCUT2D eigenvalue weighted by molar-refractivity contribution is 5.91. The summed E-state index contributed by atoms with van der Waals surface area (Å²) in [6.07, 6.45) is 0.0328. The number of hydrogen-bond acceptors (Lipinski definition) is 4. The van der Waals surface area contributed by atoms with E-state index in [0.717, 1.165) is 0 Å². The highest BCUT2D eigenvalue weighted by Gasteiger charge is 2.24. The van der Waals surface area contributed by atoms with Gasteiger partial charge >= 0.3 is 5.97 Å². The fourth-order valence-corrected chi connectivity index (χ4v) is 0.466. The monoisotopic (exact) mass is 153 g/mol. The van der Waals surface area contributed by atoms with Crippen LogP contribution >= 0.6 is 0 Å². The van der Waals surface area contributed by atoms with Gasteiger partial charge in [-0.05, 0) is 0 Å². The molecule has 1 fully saturated rings. The Morgan fingerprint density at radius 3 is 3.00 bits per heavy atom. The Morgan fingerprint density at radius 2 is 2.55 bits per heavy atom. The highest BCUT2D eigenvalue weighted by atomic mass is 16.6. The predicted octanol–water partition coefficient (Wildman–Crippen LogP) is 0.00818. The number of carbonyl (C=O) groups is 1. The molecule has 0 aromatic rings. The molecule has 1 rings (SSSR count). The van der Waals surface area contributed by atoms with Crippen LogP contribution in [0, 0.1) is 11.3 Å². The van der Waals surface area contributed by atoms with Crippen molar-refractivity contribution < 1.29 is 14.3 Å². The van der Waals surface area contributed by atoms with Crippen LogP contribution in [0.4, 0.5) is 0 Å². The molecule has 0 radical (unpaired) electrons. The SMILES string of the molecule is C=C(C#N)C(=O)OCC1CO1. The topological polar surface area (TPSA) is 62.6 Å². The van der Waals surface area contributed by atoms with Crippen LogP contribution in [0.5, 0.6) is 0 Å². The van der Waals surface area contributed by atoms with Crippen molar-refractivity contribution in [3.05, 3.63) is 12.2 Å². The van der Waals surface area contributed by atoms with Crippen molar-refractivity contribution in [3.63, 3.8) is 0 Å². The van der Waals surface area contributed by atoms with E-state index >= 15 is 0 Å². The zero-order chi connectivity index (χ0) is 8.27. The molecule has 0 bridgehead atoms. The van der Waals surface area contributed by atoms with Crippen LogP contribution in [0.25, 0.3) is 0 Å². The van der Waals surface area contributed by atoms with Gasteiger partial charge in [-0.1, -0.05) is 6.58 Å². The standard InChI is InChI=1S/C7H7NO3/c1-5(2-8)7(9)11-4-6-3-10-6/h6H,1,3-4H2. The maximum absolute atomic E-state index is 10.7. The van der Waals surface area contributed by atoms with E-state index in [1.54, 1.807) is 6.07 Å². The van der Waals surface area contributed by atoms with Crippen LogP contribution in [0.15, 0.2) is 12.2 Å². The van der Waals surface area contributed by atoms with Crippen molar-refractivity contribution in [1.29, 1.82) is 5.26 Å². The summed E-state index contributed by atoms with van der Waals surface area (Å²) < 4.78 is 9.42. The lowest BCUT2D eigenvalue weighted by Crippen LogP contribution is -2.10. The van der Waals surface area contributed by atoms with Crippen LogP contribution < -0.4 is 0 Å². The van der Waals surface area contributed by atoms with Crippen molar-refractivity contribution in [1.82, 2.24) is 0 Å². The smallest absolute Gasteiger partial charge is 0.348 e. The Labute approximate surface area is 64.0 Å². The minimum Gasteiger partial charge on any atom is -0.459 e. The number of rotatable bonds is 3. The molecule has 1 heterocycles. The Kier molecular flexibility index (Phi) is 2.24. The fourth-order valence-electron chi connectivity index (χ4n) is 0.466. The molecule has 0 saturated carbocycles. The van der Waals surface area contributed by atoms with Crippen LogP contribution in [-0.4, -0.2) is 25.3 Å². The summed E-state index contributed by atoms with van der Waals surface area (Å²) in [6.45, 7) is 4.05. The third-order valence-electron chi connectivity index (χ3n) is 1.18. The third kappa shape index (κ3) is 2.40. The molecular formula is C7H7NO3. The second kappa shape index (κ2) is 3.17. The van der Waals surface area contributed by atoms with E-state index in [0.29, 0.717) is 6.61 Å². The highest BCUT2D eigenvalue weighted by Crippen LogP contribution is 2.09. The van der Waals surface area contributed by atoms with Gasteiger partial charge in [0.2, 0.25) is 0 Å². The fraction of sp³-hybridized carbons (Fsp3) is 0.429. The Balaban J connectivity index is 2.20. The van der Waals surface area contributed by atoms with Gasteiger partial charge in [0.25, 0.3) is 0 Å². The third-order valence-corrected chi connectivity index (χ3v) is 1.18. The Bertz CT molecular complexity index is 224. The lowest BCUT2D eigenvalue weighted by molar-refractivity contribution is -0.138. The second-order valence-corrected chi connectivity index (χ2v) is 2.14. The molecule has 0 spiro atoms. The van der Waals surface area contributed by atoms with Gasteiger partial charge in [-0.2, -0.15) is 5.26 Å². The van der Waals surface area contributed by atoms with E-state index in [1.807, 2.05) is 0 Å². The maximum atomic E-state index is 10.7. The van der Waals surface area contributed by atoms with E-state index in [4.69, 9.17) is 10.00 Å². The number of ether oxygens (including phenoxy) is 2. The molecule has 1 aliphatic rings. The summed E-state index contributed by atoms with van der Waals surface area (Å²) in [6, 6.07) is 1.60. The summed E-state index contributed by atoms with van der Waals surface area (Å²) in [7, 11) is 0. The molecule has 1 unspecified atom stereocenters. The quantitative estimate of drug-likeness (QED) is 0.248. The van der Waals surface area contributed by atoms with Gasteiger partial charge in [-0.3, -0.25) is 0 Å². The van der Waals surface area contributed by atoms with Gasteiger partial charge in [-0.25, -0.2) is 4.79 Å². The maximum Gasteiger partial charge on any atom is 0.348 e. The van der Waals surface area contributed by atoms with E-state index in [2.05, 4.69) is 11.3 Å². The molecule has 1 saturated heterocycles. The van der Waals surface area contributed by atoms with Gasteiger partial charge in [0.05, 0.1) is 6.61 Å². The zero-order valence-electron chi connectivity index (χ0n) is 5.87. The molecule has 0 aliphatic carbocycles. The van der Waals surface area contributed by atoms with Crippen molar-refractivity contribution in [2.45, 2.75) is 6.10 Å². The molecular weight excluding hydrogens is 146 g/mol. The van der Waals surface area contributed by atoms with Crippen molar-refractivity contribution >= 4 is 5.97 Å². The number of hydrogen-bond donors (Lipinski definition) is 0. The first-order chi connectivity index (χ1) is 5.24. The van der Waals surface area contributed by atoms with Gasteiger partial charge in [0, 0.05) is 0 Å². The van der Waals surface area contributed by atoms with Gasteiger partial charge in [0.15, 0.2) is 0 Å². The molecule has 1 aliphatic heterocycles. The summed E-state index contributed by atoms with van der Waals surface area (Å²) in [5.41, 5.74) is -0.175. The first-order valence-electron chi connectivity index (χ1n) is 3.11. The number of carbonyl (C=O) groups excluding carboxylic acids is 1. The molecule has 4 nitrogen and oxygen atoms in total. The Morgan fingerprint density at radius 1 is 1.91 bits per heavy atom. The number of esters is 1. The predicted molar refractivity (Wildman–Crippen MR) is 35.5 cm³/mol. The van der Waals surface area contributed by atoms with Gasteiger partial charge < -0.3 is 9.47 Å². The molecule has 0 aromatic heterocycles. The van der Waals surface area contributed by atoms with Crippen LogP contribution in [0.1, 0.15) is 0 Å². The zero-order valence-corrected chi connectivity index (χ0v) is 5.87. The lowest BCUT2D eigenvalue weighted by Gasteiger charge is -1.97. The molecule has 0 aromatic carbocycles. The number of nitriles is 1. The summed E-state index contributed by atoms with van der Waals surface area (Å²) in [5, 5.41) is 8.20. The van der Waals surface area contributed by atoms with Gasteiger partial charge in [-0.15, -0.1) is 0 Å². The number of nitrogens with zero attached hydrogens (tertiary/aromatic N) is 1. The van der Waals surface area contributed by atoms with E-state index in [-0.39, 0.29) is 18.3 Å². The van der Waals surface area contributed by atoms with E-state index in [1.165, 1.54) is 0 Å². The second-order valence-electron chi connectivity index (χ2n) is 2.14. The van der Waals surface area contributed by atoms with Crippen LogP contribution in [-0.2, 0) is 14.3 Å². The minimum atomic E-state index is -0.664. The summed E-state index contributed by atoms with van der Waals surface area (Å²) >= 11 is 0. The van der Waals surface area contributed by atoms with Crippen molar-refractivity contribution in [2.24, 2.45) is 0 Å². The van der Waals surface area contributed by atoms with Crippen molar-refractivity contribution in [2.75, 3.05) is 13.2 Å².